The fraction of sp³-hybridized carbons (Fsp3) is 0.478. The summed E-state index contributed by atoms with van der Waals surface area (Å²) in [6.45, 7) is 7.19. The summed E-state index contributed by atoms with van der Waals surface area (Å²) in [5.41, 5.74) is 0.447. The second kappa shape index (κ2) is 6.50. The van der Waals surface area contributed by atoms with Gasteiger partial charge in [0.1, 0.15) is 11.3 Å². The first kappa shape index (κ1) is 18.8. The molecule has 0 spiro atoms. The fourth-order valence-corrected chi connectivity index (χ4v) is 5.43. The molecule has 0 unspecified atom stereocenters. The van der Waals surface area contributed by atoms with Crippen LogP contribution in [0.5, 0.6) is 5.75 Å². The van der Waals surface area contributed by atoms with Crippen LogP contribution < -0.4 is 0 Å². The number of hydrogen-bond donors (Lipinski definition) is 1. The number of likely N-dealkylation sites (tertiary alicyclic amines) is 1. The lowest BCUT2D eigenvalue weighted by atomic mass is 9.65. The van der Waals surface area contributed by atoms with E-state index in [2.05, 4.69) is 20.8 Å². The number of phenols is 1. The number of rotatable bonds is 3. The third kappa shape index (κ3) is 3.46. The Labute approximate surface area is 165 Å². The van der Waals surface area contributed by atoms with Crippen LogP contribution in [0.3, 0.4) is 0 Å². The van der Waals surface area contributed by atoms with Crippen molar-refractivity contribution >= 4 is 22.6 Å². The number of fused-ring (bicyclic) bond motifs is 3. The molecular formula is C23H27NO4. The molecule has 28 heavy (non-hydrogen) atoms. The summed E-state index contributed by atoms with van der Waals surface area (Å²) < 4.78 is 5.28. The molecule has 1 N–H and O–H groups in total. The molecule has 1 aliphatic heterocycles. The molecule has 148 valence electrons. The predicted octanol–water partition coefficient (Wildman–Crippen LogP) is 4.13. The molecule has 1 heterocycles. The molecule has 2 atom stereocenters. The van der Waals surface area contributed by atoms with E-state index >= 15 is 0 Å². The minimum absolute atomic E-state index is 0.0831. The lowest BCUT2D eigenvalue weighted by Gasteiger charge is -2.39. The zero-order valence-corrected chi connectivity index (χ0v) is 16.7. The molecule has 0 radical (unpaired) electrons. The summed E-state index contributed by atoms with van der Waals surface area (Å²) in [6, 6.07) is 10.8. The Morgan fingerprint density at radius 2 is 1.82 bits per heavy atom. The summed E-state index contributed by atoms with van der Waals surface area (Å²) in [5.74, 6) is -0.965. The van der Waals surface area contributed by atoms with Gasteiger partial charge in [0.15, 0.2) is 6.61 Å². The number of amides is 1. The van der Waals surface area contributed by atoms with Crippen molar-refractivity contribution in [2.75, 3.05) is 13.2 Å². The number of carbonyl (C=O) groups excluding carboxylic acids is 2. The minimum atomic E-state index is -0.676. The maximum atomic E-state index is 12.8. The number of ether oxygens (including phenoxy) is 1. The molecule has 5 heteroatoms. The summed E-state index contributed by atoms with van der Waals surface area (Å²) in [7, 11) is 0. The van der Waals surface area contributed by atoms with Crippen LogP contribution in [0.4, 0.5) is 0 Å². The van der Waals surface area contributed by atoms with Gasteiger partial charge in [-0.25, -0.2) is 4.79 Å². The summed E-state index contributed by atoms with van der Waals surface area (Å²) in [5, 5.41) is 11.8. The standard InChI is InChI=1S/C23H27NO4/c1-22(2)10-17-11-23(3,13-22)14-24(17)20(26)12-28-21(27)18-8-15-6-4-5-7-16(15)9-19(18)25/h4-9,17,25H,10-14H2,1-3H3/t17-,23-/m0/s1. The Bertz CT molecular complexity index is 951. The van der Waals surface area contributed by atoms with E-state index in [1.165, 1.54) is 0 Å². The first-order valence-electron chi connectivity index (χ1n) is 9.84. The van der Waals surface area contributed by atoms with Gasteiger partial charge in [0, 0.05) is 12.6 Å². The average molecular weight is 381 g/mol. The predicted molar refractivity (Wildman–Crippen MR) is 107 cm³/mol. The molecule has 1 saturated carbocycles. The van der Waals surface area contributed by atoms with E-state index in [9.17, 15) is 14.7 Å². The van der Waals surface area contributed by atoms with Gasteiger partial charge in [-0.2, -0.15) is 0 Å². The van der Waals surface area contributed by atoms with E-state index in [4.69, 9.17) is 4.74 Å². The molecule has 2 aliphatic rings. The SMILES string of the molecule is CC1(C)C[C@H]2C[C@](C)(CN2C(=O)COC(=O)c2cc3ccccc3cc2O)C1. The highest BCUT2D eigenvalue weighted by Crippen LogP contribution is 2.52. The van der Waals surface area contributed by atoms with Gasteiger partial charge in [-0.1, -0.05) is 45.0 Å². The number of hydrogen-bond acceptors (Lipinski definition) is 4. The highest BCUT2D eigenvalue weighted by Gasteiger charge is 2.50. The Kier molecular flexibility index (Phi) is 4.36. The van der Waals surface area contributed by atoms with Gasteiger partial charge in [-0.3, -0.25) is 4.79 Å². The van der Waals surface area contributed by atoms with Crippen LogP contribution in [0.25, 0.3) is 10.8 Å². The molecular weight excluding hydrogens is 354 g/mol. The summed E-state index contributed by atoms with van der Waals surface area (Å²) in [6.07, 6.45) is 3.10. The molecule has 2 bridgehead atoms. The van der Waals surface area contributed by atoms with Crippen molar-refractivity contribution in [2.45, 2.75) is 46.1 Å². The molecule has 1 amide bonds. The Balaban J connectivity index is 1.44. The van der Waals surface area contributed by atoms with Crippen LogP contribution >= 0.6 is 0 Å². The quantitative estimate of drug-likeness (QED) is 0.812. The number of esters is 1. The van der Waals surface area contributed by atoms with Gasteiger partial charge in [0.2, 0.25) is 0 Å². The second-order valence-electron chi connectivity index (χ2n) is 9.53. The van der Waals surface area contributed by atoms with E-state index in [1.807, 2.05) is 29.2 Å². The maximum Gasteiger partial charge on any atom is 0.342 e. The van der Waals surface area contributed by atoms with Crippen molar-refractivity contribution in [3.63, 3.8) is 0 Å². The summed E-state index contributed by atoms with van der Waals surface area (Å²) >= 11 is 0. The molecule has 2 fully saturated rings. The van der Waals surface area contributed by atoms with Crippen molar-refractivity contribution in [3.05, 3.63) is 42.0 Å². The van der Waals surface area contributed by atoms with E-state index in [1.54, 1.807) is 12.1 Å². The van der Waals surface area contributed by atoms with Crippen molar-refractivity contribution in [3.8, 4) is 5.75 Å². The third-order valence-electron chi connectivity index (χ3n) is 6.15. The number of phenolic OH excluding ortho intramolecular Hbond substituents is 1. The molecule has 2 aromatic rings. The van der Waals surface area contributed by atoms with Crippen molar-refractivity contribution < 1.29 is 19.4 Å². The van der Waals surface area contributed by atoms with E-state index in [0.717, 1.165) is 36.6 Å². The average Bonchev–Trinajstić information content (AvgIpc) is 2.87. The first-order valence-corrected chi connectivity index (χ1v) is 9.84. The highest BCUT2D eigenvalue weighted by atomic mass is 16.5. The molecule has 0 aromatic heterocycles. The van der Waals surface area contributed by atoms with Gasteiger partial charge in [0.05, 0.1) is 0 Å². The number of benzene rings is 2. The fourth-order valence-electron chi connectivity index (χ4n) is 5.43. The van der Waals surface area contributed by atoms with E-state index in [0.29, 0.717) is 0 Å². The van der Waals surface area contributed by atoms with Gasteiger partial charge in [-0.15, -0.1) is 0 Å². The number of carbonyl (C=O) groups is 2. The first-order chi connectivity index (χ1) is 13.2. The van der Waals surface area contributed by atoms with Crippen LogP contribution in [0.2, 0.25) is 0 Å². The van der Waals surface area contributed by atoms with Gasteiger partial charge in [0.25, 0.3) is 5.91 Å². The monoisotopic (exact) mass is 381 g/mol. The van der Waals surface area contributed by atoms with E-state index in [-0.39, 0.29) is 40.7 Å². The topological polar surface area (TPSA) is 66.8 Å². The smallest absolute Gasteiger partial charge is 0.342 e. The minimum Gasteiger partial charge on any atom is -0.507 e. The number of aromatic hydroxyl groups is 1. The van der Waals surface area contributed by atoms with Crippen LogP contribution in [-0.2, 0) is 9.53 Å². The molecule has 2 aromatic carbocycles. The van der Waals surface area contributed by atoms with Crippen LogP contribution in [-0.4, -0.2) is 41.1 Å². The van der Waals surface area contributed by atoms with Crippen molar-refractivity contribution in [1.29, 1.82) is 0 Å². The zero-order valence-electron chi connectivity index (χ0n) is 16.7. The third-order valence-corrected chi connectivity index (χ3v) is 6.15. The lowest BCUT2D eigenvalue weighted by molar-refractivity contribution is -0.135. The molecule has 1 saturated heterocycles. The zero-order chi connectivity index (χ0) is 20.1. The normalized spacial score (nSPS) is 25.7. The molecule has 5 nitrogen and oxygen atoms in total. The van der Waals surface area contributed by atoms with Crippen LogP contribution in [0.15, 0.2) is 36.4 Å². The molecule has 4 rings (SSSR count). The van der Waals surface area contributed by atoms with Gasteiger partial charge < -0.3 is 14.7 Å². The van der Waals surface area contributed by atoms with Crippen molar-refractivity contribution in [1.82, 2.24) is 4.90 Å². The highest BCUT2D eigenvalue weighted by molar-refractivity contribution is 5.99. The van der Waals surface area contributed by atoms with Crippen LogP contribution in [0.1, 0.15) is 50.4 Å². The summed E-state index contributed by atoms with van der Waals surface area (Å²) in [4.78, 5) is 27.1. The van der Waals surface area contributed by atoms with Gasteiger partial charge in [-0.05, 0) is 53.0 Å². The maximum absolute atomic E-state index is 12.8. The van der Waals surface area contributed by atoms with Gasteiger partial charge >= 0.3 is 5.97 Å². The van der Waals surface area contributed by atoms with Crippen LogP contribution in [0, 0.1) is 10.8 Å². The second-order valence-corrected chi connectivity index (χ2v) is 9.53. The van der Waals surface area contributed by atoms with E-state index < -0.39 is 5.97 Å². The molecule has 1 aliphatic carbocycles. The Morgan fingerprint density at radius 1 is 1.14 bits per heavy atom. The number of nitrogens with zero attached hydrogens (tertiary/aromatic N) is 1. The van der Waals surface area contributed by atoms with Crippen molar-refractivity contribution in [2.24, 2.45) is 10.8 Å². The lowest BCUT2D eigenvalue weighted by Crippen LogP contribution is -2.39. The Hall–Kier alpha value is -2.56. The largest absolute Gasteiger partial charge is 0.507 e. The Morgan fingerprint density at radius 3 is 2.54 bits per heavy atom.